The summed E-state index contributed by atoms with van der Waals surface area (Å²) in [7, 11) is 0. The molecule has 2 N–H and O–H groups in total. The third-order valence-corrected chi connectivity index (χ3v) is 0.774. The molecular weight excluding hydrogens is 182 g/mol. The zero-order valence-electron chi connectivity index (χ0n) is 4.66. The highest BCUT2D eigenvalue weighted by atomic mass is 19.4. The van der Waals surface area contributed by atoms with Gasteiger partial charge in [-0.25, -0.2) is 0 Å². The van der Waals surface area contributed by atoms with E-state index < -0.39 is 18.1 Å². The van der Waals surface area contributed by atoms with E-state index in [2.05, 4.69) is 0 Å². The number of aliphatic hydroxyl groups is 2. The molecule has 0 radical (unpaired) electrons. The second kappa shape index (κ2) is 2.24. The van der Waals surface area contributed by atoms with E-state index in [-0.39, 0.29) is 0 Å². The molecular formula is C3H2F6O2. The van der Waals surface area contributed by atoms with Gasteiger partial charge in [0.05, 0.1) is 0 Å². The van der Waals surface area contributed by atoms with Gasteiger partial charge in [0, 0.05) is 0 Å². The molecule has 0 bridgehead atoms. The number of hydrogen-bond acceptors (Lipinski definition) is 2. The molecule has 0 aromatic heterocycles. The van der Waals surface area contributed by atoms with Crippen LogP contribution in [0.3, 0.4) is 0 Å². The topological polar surface area (TPSA) is 40.5 Å². The Kier molecular flexibility index (Phi) is 2.14. The van der Waals surface area contributed by atoms with Crippen molar-refractivity contribution in [3.8, 4) is 0 Å². The lowest BCUT2D eigenvalue weighted by Crippen LogP contribution is -2.55. The predicted octanol–water partition coefficient (Wildman–Crippen LogP) is 0.792. The number of hydrogen-bond donors (Lipinski definition) is 2. The summed E-state index contributed by atoms with van der Waals surface area (Å²) in [5, 5.41) is 14.6. The van der Waals surface area contributed by atoms with Crippen LogP contribution in [-0.2, 0) is 0 Å². The van der Waals surface area contributed by atoms with Crippen molar-refractivity contribution in [2.45, 2.75) is 18.1 Å². The van der Waals surface area contributed by atoms with E-state index in [1.54, 1.807) is 0 Å². The van der Waals surface area contributed by atoms with Gasteiger partial charge in [-0.05, 0) is 0 Å². The van der Waals surface area contributed by atoms with Crippen molar-refractivity contribution in [2.24, 2.45) is 0 Å². The fraction of sp³-hybridized carbons (Fsp3) is 1.00. The van der Waals surface area contributed by atoms with E-state index in [4.69, 9.17) is 10.2 Å². The molecule has 2 nitrogen and oxygen atoms in total. The van der Waals surface area contributed by atoms with Crippen LogP contribution in [0.25, 0.3) is 0 Å². The highest BCUT2D eigenvalue weighted by Crippen LogP contribution is 2.41. The lowest BCUT2D eigenvalue weighted by molar-refractivity contribution is -0.438. The van der Waals surface area contributed by atoms with Crippen molar-refractivity contribution in [2.75, 3.05) is 0 Å². The van der Waals surface area contributed by atoms with Gasteiger partial charge in [-0.2, -0.15) is 26.3 Å². The smallest absolute Gasteiger partial charge is 0.348 e. The molecule has 0 rings (SSSR count). The largest absolute Gasteiger partial charge is 0.457 e. The summed E-state index contributed by atoms with van der Waals surface area (Å²) in [6.45, 7) is 0. The molecule has 11 heavy (non-hydrogen) atoms. The summed E-state index contributed by atoms with van der Waals surface area (Å²) in [6.07, 6.45) is -12.1. The Morgan fingerprint density at radius 2 is 1.00 bits per heavy atom. The van der Waals surface area contributed by atoms with Crippen LogP contribution in [0.15, 0.2) is 0 Å². The Balaban J connectivity index is 4.75. The van der Waals surface area contributed by atoms with Crippen molar-refractivity contribution in [1.29, 1.82) is 0 Å². The molecule has 0 aromatic rings. The van der Waals surface area contributed by atoms with Gasteiger partial charge in [0.15, 0.2) is 0 Å². The molecule has 0 spiro atoms. The molecule has 0 fully saturated rings. The summed E-state index contributed by atoms with van der Waals surface area (Å²) in [6, 6.07) is 0. The Labute approximate surface area is 56.1 Å². The summed E-state index contributed by atoms with van der Waals surface area (Å²) < 4.78 is 67.1. The first-order valence-electron chi connectivity index (χ1n) is 2.08. The molecule has 0 saturated heterocycles. The van der Waals surface area contributed by atoms with Gasteiger partial charge in [0.25, 0.3) is 0 Å². The van der Waals surface area contributed by atoms with Gasteiger partial charge in [-0.15, -0.1) is 0 Å². The molecule has 0 aromatic carbocycles. The number of alkyl halides is 6. The van der Waals surface area contributed by atoms with Gasteiger partial charge in [-0.3, -0.25) is 0 Å². The minimum Gasteiger partial charge on any atom is -0.348 e. The summed E-state index contributed by atoms with van der Waals surface area (Å²) in [5.74, 6) is -5.90. The maximum absolute atomic E-state index is 11.5. The van der Waals surface area contributed by atoms with E-state index in [1.807, 2.05) is 0 Å². The van der Waals surface area contributed by atoms with Crippen LogP contribution in [0.2, 0.25) is 0 Å². The molecule has 0 amide bonds. The highest BCUT2D eigenvalue weighted by Gasteiger charge is 2.71. The minimum absolute atomic E-state index is 5.86. The predicted molar refractivity (Wildman–Crippen MR) is 19.3 cm³/mol. The monoisotopic (exact) mass is 184 g/mol. The molecule has 0 unspecified atom stereocenters. The van der Waals surface area contributed by atoms with Crippen molar-refractivity contribution in [1.82, 2.24) is 0 Å². The first-order valence-corrected chi connectivity index (χ1v) is 2.08. The van der Waals surface area contributed by atoms with Gasteiger partial charge in [-0.1, -0.05) is 0 Å². The molecule has 0 aliphatic heterocycles. The Bertz CT molecular complexity index is 127. The average Bonchev–Trinajstić information content (AvgIpc) is 1.58. The third kappa shape index (κ3) is 1.74. The minimum atomic E-state index is -6.23. The highest BCUT2D eigenvalue weighted by molar-refractivity contribution is 4.82. The molecule has 68 valence electrons. The van der Waals surface area contributed by atoms with Crippen molar-refractivity contribution >= 4 is 0 Å². The molecule has 1 atom stereocenters. The van der Waals surface area contributed by atoms with Crippen molar-refractivity contribution in [3.05, 3.63) is 0 Å². The van der Waals surface area contributed by atoms with Crippen molar-refractivity contribution < 1.29 is 36.6 Å². The van der Waals surface area contributed by atoms with Crippen LogP contribution >= 0.6 is 0 Å². The zero-order chi connectivity index (χ0) is 9.50. The first kappa shape index (κ1) is 10.5. The SMILES string of the molecule is OC(F)(F)[C@](O)(F)C(F)(F)F. The third-order valence-electron chi connectivity index (χ3n) is 0.774. The summed E-state index contributed by atoms with van der Waals surface area (Å²) in [4.78, 5) is 0. The Hall–Kier alpha value is -0.500. The fourth-order valence-electron chi connectivity index (χ4n) is 0.171. The van der Waals surface area contributed by atoms with Crippen LogP contribution in [0, 0.1) is 0 Å². The fourth-order valence-corrected chi connectivity index (χ4v) is 0.171. The lowest BCUT2D eigenvalue weighted by atomic mass is 10.3. The number of halogens is 6. The van der Waals surface area contributed by atoms with Crippen LogP contribution in [0.4, 0.5) is 26.3 Å². The zero-order valence-corrected chi connectivity index (χ0v) is 4.66. The quantitative estimate of drug-likeness (QED) is 0.591. The van der Waals surface area contributed by atoms with Crippen LogP contribution in [0.1, 0.15) is 0 Å². The maximum atomic E-state index is 11.5. The Morgan fingerprint density at radius 1 is 0.727 bits per heavy atom. The van der Waals surface area contributed by atoms with Gasteiger partial charge in [0.1, 0.15) is 0 Å². The molecule has 0 aliphatic carbocycles. The molecule has 0 saturated carbocycles. The maximum Gasteiger partial charge on any atom is 0.457 e. The molecule has 0 heterocycles. The first-order chi connectivity index (χ1) is 4.50. The number of rotatable bonds is 1. The van der Waals surface area contributed by atoms with Crippen LogP contribution in [0.5, 0.6) is 0 Å². The second-order valence-electron chi connectivity index (χ2n) is 1.66. The lowest BCUT2D eigenvalue weighted by Gasteiger charge is -2.25. The Morgan fingerprint density at radius 3 is 1.00 bits per heavy atom. The summed E-state index contributed by atoms with van der Waals surface area (Å²) in [5.41, 5.74) is 0. The average molecular weight is 184 g/mol. The normalized spacial score (nSPS) is 19.6. The molecule has 0 aliphatic rings. The van der Waals surface area contributed by atoms with Crippen molar-refractivity contribution in [3.63, 3.8) is 0 Å². The van der Waals surface area contributed by atoms with Gasteiger partial charge in [0.2, 0.25) is 0 Å². The van der Waals surface area contributed by atoms with E-state index >= 15 is 0 Å². The van der Waals surface area contributed by atoms with E-state index in [9.17, 15) is 26.3 Å². The van der Waals surface area contributed by atoms with E-state index in [0.717, 1.165) is 0 Å². The van der Waals surface area contributed by atoms with Gasteiger partial charge >= 0.3 is 18.1 Å². The molecule has 8 heteroatoms. The van der Waals surface area contributed by atoms with Crippen LogP contribution in [-0.4, -0.2) is 28.4 Å². The summed E-state index contributed by atoms with van der Waals surface area (Å²) >= 11 is 0. The van der Waals surface area contributed by atoms with E-state index in [1.165, 1.54) is 0 Å². The van der Waals surface area contributed by atoms with Gasteiger partial charge < -0.3 is 10.2 Å². The van der Waals surface area contributed by atoms with E-state index in [0.29, 0.717) is 0 Å². The standard InChI is InChI=1S/C3H2F6O2/c4-1(10,2(5,6)7)3(8,9)11/h10-11H/t1-/m0/s1. The van der Waals surface area contributed by atoms with Crippen LogP contribution < -0.4 is 0 Å². The second-order valence-corrected chi connectivity index (χ2v) is 1.66.